The number of likely N-dealkylation sites (N-methyl/N-ethyl adjacent to an activating group) is 1. The van der Waals surface area contributed by atoms with Gasteiger partial charge in [-0.15, -0.1) is 0 Å². The molecule has 4 aliphatic carbocycles. The third-order valence-corrected chi connectivity index (χ3v) is 11.4. The Hall–Kier alpha value is -0.650. The molecule has 0 spiro atoms. The van der Waals surface area contributed by atoms with E-state index < -0.39 is 0 Å². The average Bonchev–Trinajstić information content (AvgIpc) is 3.11. The summed E-state index contributed by atoms with van der Waals surface area (Å²) in [5, 5.41) is 25.1. The highest BCUT2D eigenvalue weighted by Crippen LogP contribution is 2.68. The molecule has 0 bridgehead atoms. The van der Waals surface area contributed by atoms with Crippen molar-refractivity contribution in [1.29, 1.82) is 0 Å². The fourth-order valence-corrected chi connectivity index (χ4v) is 9.34. The Bertz CT molecular complexity index is 735. The maximum Gasteiger partial charge on any atom is 0.220 e. The summed E-state index contributed by atoms with van der Waals surface area (Å²) in [6, 6.07) is 0. The number of fused-ring (bicyclic) bond motifs is 5. The quantitative estimate of drug-likeness (QED) is 0.481. The maximum atomic E-state index is 12.5. The third kappa shape index (κ3) is 4.83. The van der Waals surface area contributed by atoms with E-state index in [2.05, 4.69) is 47.2 Å². The first-order valence-corrected chi connectivity index (χ1v) is 14.3. The summed E-state index contributed by atoms with van der Waals surface area (Å²) in [7, 11) is 6.45. The number of hydrogen-bond donors (Lipinski definition) is 3. The zero-order chi connectivity index (χ0) is 24.9. The van der Waals surface area contributed by atoms with Crippen molar-refractivity contribution in [2.45, 2.75) is 97.2 Å². The van der Waals surface area contributed by atoms with Crippen LogP contribution in [-0.4, -0.2) is 67.0 Å². The number of carbonyl (C=O) groups is 1. The fraction of sp³-hybridized carbons (Fsp3) is 0.966. The Morgan fingerprint density at radius 3 is 2.47 bits per heavy atom. The third-order valence-electron chi connectivity index (χ3n) is 11.4. The van der Waals surface area contributed by atoms with Crippen LogP contribution in [-0.2, 0) is 4.79 Å². The minimum absolute atomic E-state index is 0.0157. The van der Waals surface area contributed by atoms with E-state index in [0.717, 1.165) is 55.6 Å². The van der Waals surface area contributed by atoms with Crippen LogP contribution in [0.4, 0.5) is 0 Å². The second-order valence-corrected chi connectivity index (χ2v) is 14.3. The molecule has 4 fully saturated rings. The van der Waals surface area contributed by atoms with Crippen LogP contribution < -0.4 is 5.32 Å². The van der Waals surface area contributed by atoms with Gasteiger partial charge in [0.1, 0.15) is 0 Å². The zero-order valence-electron chi connectivity index (χ0n) is 22.9. The number of nitrogens with one attached hydrogen (secondary N) is 1. The van der Waals surface area contributed by atoms with Crippen molar-refractivity contribution in [2.24, 2.45) is 46.3 Å². The summed E-state index contributed by atoms with van der Waals surface area (Å²) in [5.41, 5.74) is 0.274. The summed E-state index contributed by atoms with van der Waals surface area (Å²) in [6.07, 6.45) is 10.1. The van der Waals surface area contributed by atoms with Crippen LogP contribution in [0.5, 0.6) is 0 Å². The minimum atomic E-state index is -0.241. The SMILES string of the molecule is C[C@H](CCC(=O)NCC[N+](C)(C)C)[C@H]1CC[C@H]2[C@@H]3CC[C@@H]4C[C@H](O)CC[C@]4(C)[C@H]3C[C@H](O)[C@]12C. The largest absolute Gasteiger partial charge is 0.393 e. The molecule has 1 amide bonds. The minimum Gasteiger partial charge on any atom is -0.393 e. The second kappa shape index (κ2) is 9.67. The number of rotatable bonds is 7. The van der Waals surface area contributed by atoms with Gasteiger partial charge >= 0.3 is 0 Å². The predicted octanol–water partition coefficient (Wildman–Crippen LogP) is 4.22. The normalized spacial score (nSPS) is 45.1. The summed E-state index contributed by atoms with van der Waals surface area (Å²) >= 11 is 0. The molecular weight excluding hydrogens is 424 g/mol. The smallest absolute Gasteiger partial charge is 0.220 e. The number of hydrogen-bond acceptors (Lipinski definition) is 3. The van der Waals surface area contributed by atoms with Crippen LogP contribution in [0.25, 0.3) is 0 Å². The molecule has 0 aromatic heterocycles. The lowest BCUT2D eigenvalue weighted by atomic mass is 9.43. The molecule has 4 saturated carbocycles. The molecule has 0 radical (unpaired) electrons. The van der Waals surface area contributed by atoms with Gasteiger partial charge in [-0.05, 0) is 104 Å². The van der Waals surface area contributed by atoms with Gasteiger partial charge in [0.25, 0.3) is 0 Å². The Balaban J connectivity index is 1.39. The van der Waals surface area contributed by atoms with Crippen molar-refractivity contribution >= 4 is 5.91 Å². The van der Waals surface area contributed by atoms with Gasteiger partial charge in [-0.1, -0.05) is 20.8 Å². The maximum absolute atomic E-state index is 12.5. The Morgan fingerprint density at radius 2 is 1.76 bits per heavy atom. The number of aliphatic hydroxyl groups is 2. The summed E-state index contributed by atoms with van der Waals surface area (Å²) in [4.78, 5) is 12.5. The molecule has 0 saturated heterocycles. The van der Waals surface area contributed by atoms with E-state index in [4.69, 9.17) is 0 Å². The van der Waals surface area contributed by atoms with Crippen molar-refractivity contribution in [3.8, 4) is 0 Å². The van der Waals surface area contributed by atoms with Gasteiger partial charge in [0.2, 0.25) is 5.91 Å². The second-order valence-electron chi connectivity index (χ2n) is 14.3. The van der Waals surface area contributed by atoms with E-state index in [0.29, 0.717) is 36.0 Å². The first-order valence-electron chi connectivity index (χ1n) is 14.3. The van der Waals surface area contributed by atoms with E-state index in [-0.39, 0.29) is 28.9 Å². The van der Waals surface area contributed by atoms with Crippen molar-refractivity contribution < 1.29 is 19.5 Å². The van der Waals surface area contributed by atoms with E-state index in [9.17, 15) is 15.0 Å². The molecule has 0 heterocycles. The Morgan fingerprint density at radius 1 is 1.03 bits per heavy atom. The Kier molecular flexibility index (Phi) is 7.51. The molecule has 34 heavy (non-hydrogen) atoms. The highest BCUT2D eigenvalue weighted by atomic mass is 16.3. The standard InChI is InChI=1S/C29H52N2O3/c1-19(7-12-27(34)30-15-16-31(4,5)6)23-10-11-24-22-9-8-20-17-21(32)13-14-28(20,2)25(22)18-26(33)29(23,24)3/h19-26,32-33H,7-18H2,1-6H3/p+1/t19-,20-,21-,22+,23-,24+,25+,26+,28+,29-/m1/s1. The van der Waals surface area contributed by atoms with Gasteiger partial charge in [0, 0.05) is 6.42 Å². The molecular formula is C29H53N2O3+. The number of nitrogens with zero attached hydrogens (tertiary/aromatic N) is 1. The number of aliphatic hydroxyl groups excluding tert-OH is 2. The van der Waals surface area contributed by atoms with E-state index >= 15 is 0 Å². The van der Waals surface area contributed by atoms with Crippen LogP contribution in [0.15, 0.2) is 0 Å². The van der Waals surface area contributed by atoms with Crippen LogP contribution in [0, 0.1) is 46.3 Å². The van der Waals surface area contributed by atoms with Gasteiger partial charge in [-0.25, -0.2) is 0 Å². The molecule has 10 atom stereocenters. The highest BCUT2D eigenvalue weighted by Gasteiger charge is 2.63. The van der Waals surface area contributed by atoms with E-state index in [1.165, 1.54) is 25.7 Å². The van der Waals surface area contributed by atoms with Crippen LogP contribution in [0.3, 0.4) is 0 Å². The van der Waals surface area contributed by atoms with E-state index in [1.807, 2.05) is 0 Å². The molecule has 0 unspecified atom stereocenters. The summed E-state index contributed by atoms with van der Waals surface area (Å²) in [5.74, 6) is 3.70. The van der Waals surface area contributed by atoms with Crippen LogP contribution >= 0.6 is 0 Å². The molecule has 0 aromatic carbocycles. The molecule has 5 heteroatoms. The molecule has 3 N–H and O–H groups in total. The first-order chi connectivity index (χ1) is 15.9. The van der Waals surface area contributed by atoms with Crippen molar-refractivity contribution in [3.63, 3.8) is 0 Å². The monoisotopic (exact) mass is 477 g/mol. The summed E-state index contributed by atoms with van der Waals surface area (Å²) in [6.45, 7) is 8.89. The molecule has 196 valence electrons. The van der Waals surface area contributed by atoms with E-state index in [1.54, 1.807) is 0 Å². The first kappa shape index (κ1) is 26.4. The Labute approximate surface area is 208 Å². The fourth-order valence-electron chi connectivity index (χ4n) is 9.34. The molecule has 4 rings (SSSR count). The van der Waals surface area contributed by atoms with Gasteiger partial charge in [-0.3, -0.25) is 4.79 Å². The van der Waals surface area contributed by atoms with Crippen molar-refractivity contribution in [1.82, 2.24) is 5.32 Å². The molecule has 5 nitrogen and oxygen atoms in total. The lowest BCUT2D eigenvalue weighted by Crippen LogP contribution is -2.58. The van der Waals surface area contributed by atoms with Gasteiger partial charge in [-0.2, -0.15) is 0 Å². The topological polar surface area (TPSA) is 69.6 Å². The lowest BCUT2D eigenvalue weighted by molar-refractivity contribution is -0.869. The van der Waals surface area contributed by atoms with Gasteiger partial charge in [0.05, 0.1) is 46.4 Å². The lowest BCUT2D eigenvalue weighted by Gasteiger charge is -2.62. The number of quaternary nitrogens is 1. The van der Waals surface area contributed by atoms with Crippen LogP contribution in [0.1, 0.15) is 85.0 Å². The zero-order valence-corrected chi connectivity index (χ0v) is 22.9. The number of amides is 1. The van der Waals surface area contributed by atoms with Crippen LogP contribution in [0.2, 0.25) is 0 Å². The average molecular weight is 478 g/mol. The number of carbonyl (C=O) groups excluding carboxylic acids is 1. The predicted molar refractivity (Wildman–Crippen MR) is 137 cm³/mol. The van der Waals surface area contributed by atoms with Gasteiger partial charge in [0.15, 0.2) is 0 Å². The molecule has 0 aliphatic heterocycles. The molecule has 4 aliphatic rings. The van der Waals surface area contributed by atoms with Crippen molar-refractivity contribution in [3.05, 3.63) is 0 Å². The van der Waals surface area contributed by atoms with Gasteiger partial charge < -0.3 is 20.0 Å². The highest BCUT2D eigenvalue weighted by molar-refractivity contribution is 5.75. The summed E-state index contributed by atoms with van der Waals surface area (Å²) < 4.78 is 0.860. The molecule has 0 aromatic rings. The van der Waals surface area contributed by atoms with Crippen molar-refractivity contribution in [2.75, 3.05) is 34.2 Å².